The van der Waals surface area contributed by atoms with Crippen LogP contribution < -0.4 is 4.74 Å². The van der Waals surface area contributed by atoms with E-state index in [9.17, 15) is 9.90 Å². The van der Waals surface area contributed by atoms with E-state index in [2.05, 4.69) is 28.0 Å². The zero-order valence-electron chi connectivity index (χ0n) is 16.1. The second kappa shape index (κ2) is 6.49. The van der Waals surface area contributed by atoms with Crippen LogP contribution in [0, 0.1) is 5.92 Å². The highest BCUT2D eigenvalue weighted by molar-refractivity contribution is 5.86. The maximum atomic E-state index is 13.4. The van der Waals surface area contributed by atoms with Crippen molar-refractivity contribution in [3.8, 4) is 5.75 Å². The SMILES string of the molecule is COc1cccc([C@H]2CN(C(=O)C3(O)CCCC3)[C@@H]3C4CCN(CC4)[C@H]23)c1. The van der Waals surface area contributed by atoms with Crippen LogP contribution >= 0.6 is 0 Å². The lowest BCUT2D eigenvalue weighted by Crippen LogP contribution is -2.62. The summed E-state index contributed by atoms with van der Waals surface area (Å²) in [7, 11) is 1.70. The van der Waals surface area contributed by atoms with Gasteiger partial charge in [0.25, 0.3) is 5.91 Å². The molecule has 1 aromatic rings. The number of hydrogen-bond acceptors (Lipinski definition) is 4. The van der Waals surface area contributed by atoms with Gasteiger partial charge in [0.1, 0.15) is 11.4 Å². The molecule has 1 aromatic carbocycles. The van der Waals surface area contributed by atoms with Crippen molar-refractivity contribution in [2.45, 2.75) is 62.1 Å². The van der Waals surface area contributed by atoms with Crippen LogP contribution in [0.15, 0.2) is 24.3 Å². The van der Waals surface area contributed by atoms with Crippen molar-refractivity contribution in [1.29, 1.82) is 0 Å². The molecule has 1 N–H and O–H groups in total. The molecule has 0 aromatic heterocycles. The number of likely N-dealkylation sites (tertiary alicyclic amines) is 1. The fourth-order valence-corrected chi connectivity index (χ4v) is 6.26. The molecule has 0 unspecified atom stereocenters. The zero-order valence-corrected chi connectivity index (χ0v) is 16.1. The first-order valence-electron chi connectivity index (χ1n) is 10.5. The minimum absolute atomic E-state index is 0.00542. The molecule has 1 aliphatic carbocycles. The molecular weight excluding hydrogens is 340 g/mol. The van der Waals surface area contributed by atoms with E-state index in [-0.39, 0.29) is 11.9 Å². The molecule has 146 valence electrons. The minimum Gasteiger partial charge on any atom is -0.497 e. The molecule has 4 saturated heterocycles. The Morgan fingerprint density at radius 3 is 2.63 bits per heavy atom. The number of rotatable bonds is 3. The van der Waals surface area contributed by atoms with Gasteiger partial charge in [-0.1, -0.05) is 12.1 Å². The van der Waals surface area contributed by atoms with Gasteiger partial charge in [0, 0.05) is 18.5 Å². The van der Waals surface area contributed by atoms with Crippen LogP contribution in [0.2, 0.25) is 0 Å². The van der Waals surface area contributed by atoms with Crippen LogP contribution in [0.25, 0.3) is 0 Å². The van der Waals surface area contributed by atoms with Crippen molar-refractivity contribution in [3.63, 3.8) is 0 Å². The quantitative estimate of drug-likeness (QED) is 0.888. The van der Waals surface area contributed by atoms with E-state index in [1.807, 2.05) is 6.07 Å². The molecule has 1 amide bonds. The molecule has 5 heteroatoms. The molecule has 6 rings (SSSR count). The number of benzene rings is 1. The van der Waals surface area contributed by atoms with E-state index in [1.54, 1.807) is 7.11 Å². The summed E-state index contributed by atoms with van der Waals surface area (Å²) in [6.07, 6.45) is 5.51. The van der Waals surface area contributed by atoms with Crippen molar-refractivity contribution in [1.82, 2.24) is 9.80 Å². The second-order valence-corrected chi connectivity index (χ2v) is 8.93. The topological polar surface area (TPSA) is 53.0 Å². The van der Waals surface area contributed by atoms with Crippen molar-refractivity contribution in [2.75, 3.05) is 26.7 Å². The van der Waals surface area contributed by atoms with Crippen LogP contribution in [0.1, 0.15) is 50.0 Å². The average Bonchev–Trinajstić information content (AvgIpc) is 3.34. The van der Waals surface area contributed by atoms with Crippen LogP contribution in [-0.2, 0) is 4.79 Å². The number of aliphatic hydroxyl groups is 1. The number of piperidine rings is 3. The maximum absolute atomic E-state index is 13.4. The van der Waals surface area contributed by atoms with Crippen molar-refractivity contribution < 1.29 is 14.6 Å². The summed E-state index contributed by atoms with van der Waals surface area (Å²) in [5.41, 5.74) is 0.130. The number of methoxy groups -OCH3 is 1. The average molecular weight is 370 g/mol. The van der Waals surface area contributed by atoms with Gasteiger partial charge in [-0.05, 0) is 75.2 Å². The summed E-state index contributed by atoms with van der Waals surface area (Å²) in [4.78, 5) is 18.1. The van der Waals surface area contributed by atoms with E-state index in [1.165, 1.54) is 18.4 Å². The van der Waals surface area contributed by atoms with Gasteiger partial charge in [-0.25, -0.2) is 0 Å². The monoisotopic (exact) mass is 370 g/mol. The van der Waals surface area contributed by atoms with Crippen molar-refractivity contribution >= 4 is 5.91 Å². The molecular formula is C22H30N2O3. The summed E-state index contributed by atoms with van der Waals surface area (Å²) in [5, 5.41) is 11.0. The van der Waals surface area contributed by atoms with E-state index in [0.717, 1.165) is 38.2 Å². The van der Waals surface area contributed by atoms with Gasteiger partial charge >= 0.3 is 0 Å². The molecule has 27 heavy (non-hydrogen) atoms. The Morgan fingerprint density at radius 2 is 1.93 bits per heavy atom. The highest BCUT2D eigenvalue weighted by Gasteiger charge is 2.57. The number of nitrogens with zero attached hydrogens (tertiary/aromatic N) is 2. The number of carbonyl (C=O) groups is 1. The molecule has 3 atom stereocenters. The lowest BCUT2D eigenvalue weighted by Gasteiger charge is -2.51. The van der Waals surface area contributed by atoms with Crippen molar-refractivity contribution in [2.24, 2.45) is 5.92 Å². The van der Waals surface area contributed by atoms with E-state index >= 15 is 0 Å². The Labute approximate surface area is 161 Å². The van der Waals surface area contributed by atoms with Crippen LogP contribution in [0.5, 0.6) is 5.75 Å². The van der Waals surface area contributed by atoms with E-state index < -0.39 is 5.60 Å². The van der Waals surface area contributed by atoms with Gasteiger partial charge in [0.05, 0.1) is 13.2 Å². The molecule has 4 heterocycles. The highest BCUT2D eigenvalue weighted by atomic mass is 16.5. The Bertz CT molecular complexity index is 722. The third-order valence-electron chi connectivity index (χ3n) is 7.61. The fourth-order valence-electron chi connectivity index (χ4n) is 6.26. The Balaban J connectivity index is 1.51. The van der Waals surface area contributed by atoms with E-state index in [0.29, 0.717) is 30.7 Å². The first-order chi connectivity index (χ1) is 13.1. The van der Waals surface area contributed by atoms with Crippen molar-refractivity contribution in [3.05, 3.63) is 29.8 Å². The predicted molar refractivity (Wildman–Crippen MR) is 103 cm³/mol. The molecule has 5 fully saturated rings. The normalized spacial score (nSPS) is 36.7. The lowest BCUT2D eigenvalue weighted by molar-refractivity contribution is -0.155. The minimum atomic E-state index is -1.13. The summed E-state index contributed by atoms with van der Waals surface area (Å²) in [6, 6.07) is 8.96. The molecule has 0 spiro atoms. The number of fused-ring (bicyclic) bond motifs is 2. The first-order valence-corrected chi connectivity index (χ1v) is 10.5. The lowest BCUT2D eigenvalue weighted by atomic mass is 9.75. The Morgan fingerprint density at radius 1 is 1.19 bits per heavy atom. The summed E-state index contributed by atoms with van der Waals surface area (Å²) < 4.78 is 5.45. The van der Waals surface area contributed by atoms with Gasteiger partial charge in [-0.15, -0.1) is 0 Å². The largest absolute Gasteiger partial charge is 0.497 e. The van der Waals surface area contributed by atoms with Crippen LogP contribution in [0.3, 0.4) is 0 Å². The molecule has 5 aliphatic rings. The molecule has 4 aliphatic heterocycles. The summed E-state index contributed by atoms with van der Waals surface area (Å²) in [6.45, 7) is 2.99. The number of amides is 1. The maximum Gasteiger partial charge on any atom is 0.254 e. The third kappa shape index (κ3) is 2.70. The van der Waals surface area contributed by atoms with E-state index in [4.69, 9.17) is 4.74 Å². The van der Waals surface area contributed by atoms with Gasteiger partial charge < -0.3 is 14.7 Å². The second-order valence-electron chi connectivity index (χ2n) is 8.93. The molecule has 2 bridgehead atoms. The zero-order chi connectivity index (χ0) is 18.6. The third-order valence-corrected chi connectivity index (χ3v) is 7.61. The Hall–Kier alpha value is -1.59. The van der Waals surface area contributed by atoms with Gasteiger partial charge in [0.2, 0.25) is 0 Å². The van der Waals surface area contributed by atoms with Crippen LogP contribution in [-0.4, -0.2) is 65.2 Å². The number of hydrogen-bond donors (Lipinski definition) is 1. The molecule has 0 radical (unpaired) electrons. The fraction of sp³-hybridized carbons (Fsp3) is 0.682. The summed E-state index contributed by atoms with van der Waals surface area (Å²) >= 11 is 0. The summed E-state index contributed by atoms with van der Waals surface area (Å²) in [5.74, 6) is 1.74. The Kier molecular flexibility index (Phi) is 4.21. The first kappa shape index (κ1) is 17.5. The van der Waals surface area contributed by atoms with Gasteiger partial charge in [-0.3, -0.25) is 9.69 Å². The smallest absolute Gasteiger partial charge is 0.254 e. The molecule has 5 nitrogen and oxygen atoms in total. The highest BCUT2D eigenvalue weighted by Crippen LogP contribution is 2.48. The predicted octanol–water partition coefficient (Wildman–Crippen LogP) is 2.39. The van der Waals surface area contributed by atoms with Gasteiger partial charge in [0.15, 0.2) is 0 Å². The number of ether oxygens (including phenoxy) is 1. The van der Waals surface area contributed by atoms with Crippen LogP contribution in [0.4, 0.5) is 0 Å². The standard InChI is InChI=1S/C22H30N2O3/c1-27-17-6-4-5-16(13-17)18-14-24(21(25)22(26)9-2-3-10-22)19-15-7-11-23(12-8-15)20(18)19/h4-6,13,15,18-20,26H,2-3,7-12,14H2,1H3/t18-,19-,20-/m1/s1. The number of carbonyl (C=O) groups excluding carboxylic acids is 1. The van der Waals surface area contributed by atoms with Gasteiger partial charge in [-0.2, -0.15) is 0 Å². The molecule has 1 saturated carbocycles.